The zero-order chi connectivity index (χ0) is 20.4. The molecule has 0 bridgehead atoms. The number of fused-ring (bicyclic) bond motifs is 2. The molecule has 2 aromatic heterocycles. The summed E-state index contributed by atoms with van der Waals surface area (Å²) < 4.78 is 5.52. The summed E-state index contributed by atoms with van der Waals surface area (Å²) in [7, 11) is 0. The summed E-state index contributed by atoms with van der Waals surface area (Å²) in [6, 6.07) is 11.0. The van der Waals surface area contributed by atoms with E-state index in [-0.39, 0.29) is 5.56 Å². The van der Waals surface area contributed by atoms with Crippen LogP contribution in [0, 0.1) is 0 Å². The van der Waals surface area contributed by atoms with Gasteiger partial charge in [-0.05, 0) is 50.3 Å². The van der Waals surface area contributed by atoms with Crippen LogP contribution in [0.15, 0.2) is 57.9 Å². The van der Waals surface area contributed by atoms with Gasteiger partial charge in [0.1, 0.15) is 11.1 Å². The second-order valence-electron chi connectivity index (χ2n) is 6.94. The highest BCUT2D eigenvalue weighted by atomic mass is 16.4. The number of benzene rings is 1. The average Bonchev–Trinajstić information content (AvgIpc) is 2.75. The van der Waals surface area contributed by atoms with E-state index in [1.54, 1.807) is 30.5 Å². The van der Waals surface area contributed by atoms with Gasteiger partial charge in [0.15, 0.2) is 5.78 Å². The fourth-order valence-corrected chi connectivity index (χ4v) is 3.69. The maximum Gasteiger partial charge on any atom is 0.347 e. The Labute approximate surface area is 169 Å². The molecule has 1 aliphatic rings. The lowest BCUT2D eigenvalue weighted by atomic mass is 10.1. The summed E-state index contributed by atoms with van der Waals surface area (Å²) >= 11 is 0. The van der Waals surface area contributed by atoms with Crippen molar-refractivity contribution in [1.82, 2.24) is 4.98 Å². The average molecular weight is 389 g/mol. The maximum atomic E-state index is 12.6. The van der Waals surface area contributed by atoms with Gasteiger partial charge in [0.25, 0.3) is 0 Å². The van der Waals surface area contributed by atoms with Crippen LogP contribution in [0.4, 0.5) is 11.4 Å². The van der Waals surface area contributed by atoms with Crippen molar-refractivity contribution in [3.05, 3.63) is 70.3 Å². The monoisotopic (exact) mass is 389 g/mol. The number of carbonyl (C=O) groups is 1. The predicted octanol–water partition coefficient (Wildman–Crippen LogP) is 3.75. The van der Waals surface area contributed by atoms with Gasteiger partial charge in [-0.3, -0.25) is 9.78 Å². The highest BCUT2D eigenvalue weighted by Gasteiger charge is 2.23. The molecule has 3 heterocycles. The van der Waals surface area contributed by atoms with E-state index in [1.807, 2.05) is 18.2 Å². The summed E-state index contributed by atoms with van der Waals surface area (Å²) in [6.07, 6.45) is 4.60. The Morgan fingerprint density at radius 1 is 1.10 bits per heavy atom. The molecule has 0 aliphatic carbocycles. The number of anilines is 2. The van der Waals surface area contributed by atoms with Crippen molar-refractivity contribution in [3.8, 4) is 0 Å². The zero-order valence-corrected chi connectivity index (χ0v) is 16.6. The molecule has 0 unspecified atom stereocenters. The Hall–Kier alpha value is -3.41. The molecular weight excluding hydrogens is 366 g/mol. The molecule has 29 heavy (non-hydrogen) atoms. The molecule has 6 heteroatoms. The first-order valence-electron chi connectivity index (χ1n) is 9.86. The number of hydrogen-bond donors (Lipinski definition) is 0. The van der Waals surface area contributed by atoms with Gasteiger partial charge in [-0.15, -0.1) is 0 Å². The summed E-state index contributed by atoms with van der Waals surface area (Å²) in [5, 5.41) is 0.745. The third-order valence-electron chi connectivity index (χ3n) is 5.27. The number of likely N-dealkylation sites (N-methyl/N-ethyl adjacent to an activating group) is 2. The van der Waals surface area contributed by atoms with Crippen molar-refractivity contribution in [2.75, 3.05) is 36.0 Å². The Balaban J connectivity index is 1.75. The van der Waals surface area contributed by atoms with E-state index >= 15 is 0 Å². The Kier molecular flexibility index (Phi) is 5.16. The first-order chi connectivity index (χ1) is 14.1. The summed E-state index contributed by atoms with van der Waals surface area (Å²) in [5.41, 5.74) is 2.71. The molecule has 0 saturated heterocycles. The summed E-state index contributed by atoms with van der Waals surface area (Å²) in [6.45, 7) is 7.89. The van der Waals surface area contributed by atoms with Crippen LogP contribution in [0.25, 0.3) is 17.0 Å². The van der Waals surface area contributed by atoms with E-state index in [0.29, 0.717) is 11.3 Å². The minimum Gasteiger partial charge on any atom is -0.422 e. The van der Waals surface area contributed by atoms with Gasteiger partial charge < -0.3 is 14.2 Å². The van der Waals surface area contributed by atoms with Crippen LogP contribution < -0.4 is 15.4 Å². The van der Waals surface area contributed by atoms with Gasteiger partial charge >= 0.3 is 5.63 Å². The van der Waals surface area contributed by atoms with Gasteiger partial charge in [-0.2, -0.15) is 0 Å². The van der Waals surface area contributed by atoms with Crippen LogP contribution >= 0.6 is 0 Å². The first-order valence-corrected chi connectivity index (χ1v) is 9.86. The van der Waals surface area contributed by atoms with Crippen LogP contribution in [0.3, 0.4) is 0 Å². The molecule has 6 nitrogen and oxygen atoms in total. The number of ketones is 1. The van der Waals surface area contributed by atoms with Gasteiger partial charge in [0, 0.05) is 43.8 Å². The summed E-state index contributed by atoms with van der Waals surface area (Å²) in [5.74, 6) is -0.397. The quantitative estimate of drug-likeness (QED) is 0.376. The van der Waals surface area contributed by atoms with Crippen LogP contribution in [0.5, 0.6) is 0 Å². The fraction of sp³-hybridized carbons (Fsp3) is 0.261. The molecule has 0 amide bonds. The molecule has 4 rings (SSSR count). The van der Waals surface area contributed by atoms with Crippen LogP contribution in [-0.2, 0) is 0 Å². The molecule has 148 valence electrons. The molecule has 0 N–H and O–H groups in total. The molecule has 1 aromatic carbocycles. The van der Waals surface area contributed by atoms with E-state index in [0.717, 1.165) is 42.9 Å². The first kappa shape index (κ1) is 18.9. The molecule has 0 atom stereocenters. The third-order valence-corrected chi connectivity index (χ3v) is 5.27. The molecule has 0 radical (unpaired) electrons. The van der Waals surface area contributed by atoms with E-state index in [9.17, 15) is 9.59 Å². The van der Waals surface area contributed by atoms with Crippen molar-refractivity contribution in [2.45, 2.75) is 13.8 Å². The van der Waals surface area contributed by atoms with Gasteiger partial charge in [-0.1, -0.05) is 6.07 Å². The number of nitrogens with zero attached hydrogens (tertiary/aromatic N) is 3. The van der Waals surface area contributed by atoms with E-state index in [4.69, 9.17) is 4.42 Å². The molecular formula is C23H23N3O3. The van der Waals surface area contributed by atoms with Crippen molar-refractivity contribution in [3.63, 3.8) is 0 Å². The van der Waals surface area contributed by atoms with Gasteiger partial charge in [0.05, 0.1) is 17.1 Å². The predicted molar refractivity (Wildman–Crippen MR) is 116 cm³/mol. The number of carbonyl (C=O) groups excluding carboxylic acids is 1. The van der Waals surface area contributed by atoms with E-state index in [2.05, 4.69) is 28.6 Å². The zero-order valence-electron chi connectivity index (χ0n) is 16.6. The molecule has 3 aromatic rings. The third kappa shape index (κ3) is 3.66. The topological polar surface area (TPSA) is 66.7 Å². The highest BCUT2D eigenvalue weighted by Crippen LogP contribution is 2.36. The number of allylic oxidation sites excluding steroid dienone is 1. The SMILES string of the molecule is CCN1CCN(CC)c2cc3oc(=O)c(C(=O)/C=C/c4ccccn4)cc3cc21. The lowest BCUT2D eigenvalue weighted by molar-refractivity contribution is 0.104. The van der Waals surface area contributed by atoms with Crippen molar-refractivity contribution in [1.29, 1.82) is 0 Å². The van der Waals surface area contributed by atoms with Crippen LogP contribution in [-0.4, -0.2) is 36.9 Å². The normalized spacial score (nSPS) is 13.9. The lowest BCUT2D eigenvalue weighted by Gasteiger charge is -2.38. The molecule has 0 fully saturated rings. The van der Waals surface area contributed by atoms with Gasteiger partial charge in [0.2, 0.25) is 0 Å². The minimum atomic E-state index is -0.626. The molecule has 1 aliphatic heterocycles. The molecule has 0 spiro atoms. The second kappa shape index (κ2) is 7.91. The van der Waals surface area contributed by atoms with E-state index in [1.165, 1.54) is 6.08 Å². The van der Waals surface area contributed by atoms with Crippen molar-refractivity contribution < 1.29 is 9.21 Å². The Morgan fingerprint density at radius 3 is 2.48 bits per heavy atom. The van der Waals surface area contributed by atoms with Gasteiger partial charge in [-0.25, -0.2) is 4.79 Å². The smallest absolute Gasteiger partial charge is 0.347 e. The van der Waals surface area contributed by atoms with E-state index < -0.39 is 11.4 Å². The number of hydrogen-bond acceptors (Lipinski definition) is 6. The largest absolute Gasteiger partial charge is 0.422 e. The van der Waals surface area contributed by atoms with Crippen molar-refractivity contribution in [2.24, 2.45) is 0 Å². The van der Waals surface area contributed by atoms with Crippen molar-refractivity contribution >= 4 is 34.2 Å². The standard InChI is InChI=1S/C23H23N3O3/c1-3-25-11-12-26(4-2)20-15-22-16(14-19(20)25)13-18(23(28)29-22)21(27)9-8-17-7-5-6-10-24-17/h5-10,13-15H,3-4,11-12H2,1-2H3/b9-8+. The molecule has 0 saturated carbocycles. The Bertz CT molecular complexity index is 1140. The minimum absolute atomic E-state index is 0.0239. The highest BCUT2D eigenvalue weighted by molar-refractivity contribution is 6.08. The number of rotatable bonds is 5. The summed E-state index contributed by atoms with van der Waals surface area (Å²) in [4.78, 5) is 33.8. The van der Waals surface area contributed by atoms with Crippen LogP contribution in [0.1, 0.15) is 29.9 Å². The number of aromatic nitrogens is 1. The number of pyridine rings is 1. The maximum absolute atomic E-state index is 12.6. The second-order valence-corrected chi connectivity index (χ2v) is 6.94. The Morgan fingerprint density at radius 2 is 1.83 bits per heavy atom. The lowest BCUT2D eigenvalue weighted by Crippen LogP contribution is -2.40. The fourth-order valence-electron chi connectivity index (χ4n) is 3.69. The van der Waals surface area contributed by atoms with Crippen LogP contribution in [0.2, 0.25) is 0 Å².